The van der Waals surface area contributed by atoms with Crippen LogP contribution < -0.4 is 5.32 Å². The third-order valence-corrected chi connectivity index (χ3v) is 6.58. The van der Waals surface area contributed by atoms with Gasteiger partial charge in [0, 0.05) is 11.6 Å². The summed E-state index contributed by atoms with van der Waals surface area (Å²) in [4.78, 5) is 27.5. The highest BCUT2D eigenvalue weighted by molar-refractivity contribution is 7.22. The molecule has 29 heavy (non-hydrogen) atoms. The summed E-state index contributed by atoms with van der Waals surface area (Å²) in [6.45, 7) is 3.95. The van der Waals surface area contributed by atoms with Crippen LogP contribution in [-0.2, 0) is 0 Å². The fraction of sp³-hybridized carbons (Fsp3) is 0.0909. The highest BCUT2D eigenvalue weighted by atomic mass is 32.1. The number of aromatic nitrogens is 3. The van der Waals surface area contributed by atoms with Crippen LogP contribution in [0, 0.1) is 13.8 Å². The number of thiazole rings is 2. The molecule has 5 nitrogen and oxygen atoms in total. The van der Waals surface area contributed by atoms with Crippen LogP contribution in [0.1, 0.15) is 21.1 Å². The van der Waals surface area contributed by atoms with Gasteiger partial charge in [0.2, 0.25) is 0 Å². The number of nitrogens with one attached hydrogen (secondary N) is 1. The molecule has 3 heterocycles. The Labute approximate surface area is 175 Å². The van der Waals surface area contributed by atoms with Crippen molar-refractivity contribution >= 4 is 54.8 Å². The number of rotatable bonds is 3. The molecule has 0 radical (unpaired) electrons. The van der Waals surface area contributed by atoms with E-state index in [0.29, 0.717) is 10.8 Å². The molecule has 7 heteroatoms. The predicted octanol–water partition coefficient (Wildman–Crippen LogP) is 5.84. The first kappa shape index (κ1) is 17.9. The first-order chi connectivity index (χ1) is 14.1. The third-order valence-electron chi connectivity index (χ3n) is 4.64. The molecule has 0 unspecified atom stereocenters. The molecule has 0 spiro atoms. The lowest BCUT2D eigenvalue weighted by Gasteiger charge is -2.02. The second kappa shape index (κ2) is 7.02. The van der Waals surface area contributed by atoms with Gasteiger partial charge < -0.3 is 0 Å². The summed E-state index contributed by atoms with van der Waals surface area (Å²) in [6, 6.07) is 15.8. The number of hydrogen-bond donors (Lipinski definition) is 1. The number of benzene rings is 2. The van der Waals surface area contributed by atoms with Gasteiger partial charge in [0.05, 0.1) is 25.6 Å². The van der Waals surface area contributed by atoms with Gasteiger partial charge in [-0.3, -0.25) is 15.1 Å². The van der Waals surface area contributed by atoms with Crippen molar-refractivity contribution in [2.75, 3.05) is 5.32 Å². The van der Waals surface area contributed by atoms with Gasteiger partial charge in [-0.1, -0.05) is 41.7 Å². The Morgan fingerprint density at radius 2 is 1.79 bits per heavy atom. The minimum Gasteiger partial charge on any atom is -0.296 e. The van der Waals surface area contributed by atoms with Gasteiger partial charge in [-0.2, -0.15) is 0 Å². The van der Waals surface area contributed by atoms with E-state index in [2.05, 4.69) is 26.3 Å². The minimum absolute atomic E-state index is 0.244. The number of fused-ring (bicyclic) bond motifs is 3. The van der Waals surface area contributed by atoms with E-state index in [-0.39, 0.29) is 5.91 Å². The minimum atomic E-state index is -0.244. The lowest BCUT2D eigenvalue weighted by molar-refractivity contribution is 0.102. The third kappa shape index (κ3) is 3.18. The van der Waals surface area contributed by atoms with Gasteiger partial charge in [0.25, 0.3) is 5.91 Å². The van der Waals surface area contributed by atoms with Crippen molar-refractivity contribution in [3.05, 3.63) is 71.0 Å². The van der Waals surface area contributed by atoms with Crippen LogP contribution in [0.15, 0.2) is 54.7 Å². The lowest BCUT2D eigenvalue weighted by atomic mass is 10.1. The van der Waals surface area contributed by atoms with Gasteiger partial charge in [0.1, 0.15) is 5.69 Å². The van der Waals surface area contributed by atoms with Gasteiger partial charge in [-0.25, -0.2) is 9.97 Å². The van der Waals surface area contributed by atoms with Gasteiger partial charge in [-0.05, 0) is 43.2 Å². The molecule has 3 aromatic heterocycles. The number of hydrogen-bond acceptors (Lipinski definition) is 6. The second-order valence-corrected chi connectivity index (χ2v) is 8.92. The standard InChI is InChI=1S/C22H16N4OS2/c1-12-11-16-18(15-9-6-10-23-17(12)15)25-22(29-16)26-21(27)19-20(28-13(2)24-19)14-7-4-3-5-8-14/h3-11H,1-2H3,(H,25,26,27). The zero-order valence-corrected chi connectivity index (χ0v) is 17.4. The summed E-state index contributed by atoms with van der Waals surface area (Å²) in [7, 11) is 0. The first-order valence-electron chi connectivity index (χ1n) is 9.09. The summed E-state index contributed by atoms with van der Waals surface area (Å²) < 4.78 is 1.02. The van der Waals surface area contributed by atoms with E-state index in [1.54, 1.807) is 6.20 Å². The van der Waals surface area contributed by atoms with Crippen LogP contribution in [0.2, 0.25) is 0 Å². The second-order valence-electron chi connectivity index (χ2n) is 6.69. The van der Waals surface area contributed by atoms with Gasteiger partial charge in [0.15, 0.2) is 5.13 Å². The van der Waals surface area contributed by atoms with Crippen molar-refractivity contribution in [2.24, 2.45) is 0 Å². The van der Waals surface area contributed by atoms with Crippen LogP contribution >= 0.6 is 22.7 Å². The average molecular weight is 417 g/mol. The average Bonchev–Trinajstić information content (AvgIpc) is 3.32. The van der Waals surface area contributed by atoms with Crippen LogP contribution in [-0.4, -0.2) is 20.9 Å². The van der Waals surface area contributed by atoms with E-state index >= 15 is 0 Å². The molecule has 5 rings (SSSR count). The molecule has 1 N–H and O–H groups in total. The van der Waals surface area contributed by atoms with Crippen molar-refractivity contribution in [3.63, 3.8) is 0 Å². The van der Waals surface area contributed by atoms with E-state index in [0.717, 1.165) is 42.1 Å². The fourth-order valence-electron chi connectivity index (χ4n) is 3.37. The maximum atomic E-state index is 13.0. The van der Waals surface area contributed by atoms with E-state index in [4.69, 9.17) is 0 Å². The highest BCUT2D eigenvalue weighted by Gasteiger charge is 2.20. The molecular weight excluding hydrogens is 400 g/mol. The molecule has 0 atom stereocenters. The largest absolute Gasteiger partial charge is 0.296 e. The molecule has 0 aliphatic carbocycles. The Kier molecular flexibility index (Phi) is 4.34. The first-order valence-corrected chi connectivity index (χ1v) is 10.7. The Bertz CT molecular complexity index is 1370. The number of anilines is 1. The van der Waals surface area contributed by atoms with Crippen LogP contribution in [0.3, 0.4) is 0 Å². The summed E-state index contributed by atoms with van der Waals surface area (Å²) >= 11 is 2.98. The molecule has 2 aromatic carbocycles. The molecule has 0 saturated carbocycles. The van der Waals surface area contributed by atoms with Gasteiger partial charge in [-0.15, -0.1) is 11.3 Å². The molecule has 0 saturated heterocycles. The Hall–Kier alpha value is -3.16. The molecule has 5 aromatic rings. The maximum absolute atomic E-state index is 13.0. The maximum Gasteiger partial charge on any atom is 0.277 e. The van der Waals surface area contributed by atoms with Gasteiger partial charge >= 0.3 is 0 Å². The molecule has 0 bridgehead atoms. The van der Waals surface area contributed by atoms with E-state index in [1.807, 2.05) is 56.3 Å². The predicted molar refractivity (Wildman–Crippen MR) is 120 cm³/mol. The van der Waals surface area contributed by atoms with Crippen molar-refractivity contribution in [1.82, 2.24) is 15.0 Å². The van der Waals surface area contributed by atoms with Crippen molar-refractivity contribution in [2.45, 2.75) is 13.8 Å². The van der Waals surface area contributed by atoms with Crippen LogP contribution in [0.4, 0.5) is 5.13 Å². The molecule has 0 fully saturated rings. The lowest BCUT2D eigenvalue weighted by Crippen LogP contribution is -2.13. The number of nitrogens with zero attached hydrogens (tertiary/aromatic N) is 3. The van der Waals surface area contributed by atoms with Crippen molar-refractivity contribution in [1.29, 1.82) is 0 Å². The summed E-state index contributed by atoms with van der Waals surface area (Å²) in [6.07, 6.45) is 1.78. The Balaban J connectivity index is 1.54. The SMILES string of the molecule is Cc1nc(C(=O)Nc2nc3c(cc(C)c4ncccc43)s2)c(-c2ccccc2)s1. The van der Waals surface area contributed by atoms with E-state index in [9.17, 15) is 4.79 Å². The Morgan fingerprint density at radius 3 is 2.62 bits per heavy atom. The van der Waals surface area contributed by atoms with Crippen LogP contribution in [0.25, 0.3) is 31.6 Å². The number of carbonyl (C=O) groups excluding carboxylic acids is 1. The normalized spacial score (nSPS) is 11.2. The topological polar surface area (TPSA) is 67.8 Å². The number of carbonyl (C=O) groups is 1. The highest BCUT2D eigenvalue weighted by Crippen LogP contribution is 2.34. The quantitative estimate of drug-likeness (QED) is 0.401. The number of amides is 1. The van der Waals surface area contributed by atoms with E-state index in [1.165, 1.54) is 22.7 Å². The summed E-state index contributed by atoms with van der Waals surface area (Å²) in [5.74, 6) is -0.244. The molecule has 1 amide bonds. The molecule has 0 aliphatic heterocycles. The Morgan fingerprint density at radius 1 is 0.966 bits per heavy atom. The zero-order chi connectivity index (χ0) is 20.0. The van der Waals surface area contributed by atoms with Crippen molar-refractivity contribution in [3.8, 4) is 10.4 Å². The molecule has 142 valence electrons. The van der Waals surface area contributed by atoms with Crippen LogP contribution in [0.5, 0.6) is 0 Å². The number of pyridine rings is 1. The molecule has 0 aliphatic rings. The molecular formula is C22H16N4OS2. The number of aryl methyl sites for hydroxylation is 2. The van der Waals surface area contributed by atoms with E-state index < -0.39 is 0 Å². The monoisotopic (exact) mass is 416 g/mol. The smallest absolute Gasteiger partial charge is 0.277 e. The fourth-order valence-corrected chi connectivity index (χ4v) is 5.27. The van der Waals surface area contributed by atoms with Crippen molar-refractivity contribution < 1.29 is 4.79 Å². The summed E-state index contributed by atoms with van der Waals surface area (Å²) in [5.41, 5.74) is 4.30. The summed E-state index contributed by atoms with van der Waals surface area (Å²) in [5, 5.41) is 5.36. The zero-order valence-electron chi connectivity index (χ0n) is 15.8.